The number of piperidine rings is 1. The molecule has 1 fully saturated rings. The highest BCUT2D eigenvalue weighted by Gasteiger charge is 2.25. The van der Waals surface area contributed by atoms with Gasteiger partial charge in [0, 0.05) is 17.6 Å². The molecule has 1 aliphatic heterocycles. The predicted molar refractivity (Wildman–Crippen MR) is 76.3 cm³/mol. The van der Waals surface area contributed by atoms with Crippen LogP contribution in [0.5, 0.6) is 0 Å². The van der Waals surface area contributed by atoms with Crippen molar-refractivity contribution in [1.82, 2.24) is 0 Å². The lowest BCUT2D eigenvalue weighted by atomic mass is 9.88. The summed E-state index contributed by atoms with van der Waals surface area (Å²) in [6, 6.07) is 5.49. The van der Waals surface area contributed by atoms with Gasteiger partial charge in [0.2, 0.25) is 0 Å². The van der Waals surface area contributed by atoms with E-state index in [0.29, 0.717) is 17.4 Å². The van der Waals surface area contributed by atoms with E-state index >= 15 is 0 Å². The molecular weight excluding hydrogens is 294 g/mol. The first-order chi connectivity index (χ1) is 8.49. The lowest BCUT2D eigenvalue weighted by Gasteiger charge is -2.37. The number of anilines is 1. The molecule has 2 rings (SSSR count). The number of rotatable bonds is 2. The third-order valence-electron chi connectivity index (χ3n) is 3.86. The van der Waals surface area contributed by atoms with Crippen LogP contribution in [0.2, 0.25) is 0 Å². The fourth-order valence-corrected chi connectivity index (χ4v) is 2.80. The summed E-state index contributed by atoms with van der Waals surface area (Å²) in [6.07, 6.45) is 1.12. The molecule has 0 spiro atoms. The van der Waals surface area contributed by atoms with Crippen molar-refractivity contribution in [2.75, 3.05) is 18.0 Å². The molecule has 3 nitrogen and oxygen atoms in total. The van der Waals surface area contributed by atoms with Crippen LogP contribution in [-0.4, -0.2) is 24.2 Å². The second kappa shape index (κ2) is 5.31. The first-order valence-electron chi connectivity index (χ1n) is 6.27. The van der Waals surface area contributed by atoms with Gasteiger partial charge in [-0.25, -0.2) is 4.79 Å². The average Bonchev–Trinajstić information content (AvgIpc) is 2.32. The Hall–Kier alpha value is -1.03. The fourth-order valence-electron chi connectivity index (χ4n) is 2.44. The van der Waals surface area contributed by atoms with Crippen LogP contribution in [-0.2, 0) is 0 Å². The van der Waals surface area contributed by atoms with E-state index < -0.39 is 5.97 Å². The van der Waals surface area contributed by atoms with Gasteiger partial charge in [-0.05, 0) is 36.5 Å². The van der Waals surface area contributed by atoms with Gasteiger partial charge < -0.3 is 10.0 Å². The predicted octanol–water partition coefficient (Wildman–Crippen LogP) is 3.63. The standard InChI is InChI=1S/C14H18BrNO2/c1-9-5-6-16(8-10(9)2)13-4-3-11(15)7-12(13)14(17)18/h3-4,7,9-10H,5-6,8H2,1-2H3,(H,17,18). The van der Waals surface area contributed by atoms with Crippen molar-refractivity contribution in [3.63, 3.8) is 0 Å². The summed E-state index contributed by atoms with van der Waals surface area (Å²) in [5, 5.41) is 9.29. The first-order valence-corrected chi connectivity index (χ1v) is 7.06. The highest BCUT2D eigenvalue weighted by atomic mass is 79.9. The van der Waals surface area contributed by atoms with Gasteiger partial charge in [0.25, 0.3) is 0 Å². The molecule has 2 atom stereocenters. The average molecular weight is 312 g/mol. The minimum atomic E-state index is -0.863. The molecule has 0 bridgehead atoms. The Bertz CT molecular complexity index is 461. The third-order valence-corrected chi connectivity index (χ3v) is 4.36. The zero-order valence-electron chi connectivity index (χ0n) is 10.7. The van der Waals surface area contributed by atoms with Crippen molar-refractivity contribution in [1.29, 1.82) is 0 Å². The van der Waals surface area contributed by atoms with Crippen LogP contribution < -0.4 is 4.90 Å². The monoisotopic (exact) mass is 311 g/mol. The molecule has 2 unspecified atom stereocenters. The normalized spacial score (nSPS) is 24.1. The molecule has 0 aromatic heterocycles. The molecule has 1 heterocycles. The summed E-state index contributed by atoms with van der Waals surface area (Å²) in [5.74, 6) is 0.451. The van der Waals surface area contributed by atoms with Crippen LogP contribution in [0, 0.1) is 11.8 Å². The minimum absolute atomic E-state index is 0.381. The summed E-state index contributed by atoms with van der Waals surface area (Å²) in [4.78, 5) is 13.5. The van der Waals surface area contributed by atoms with E-state index in [4.69, 9.17) is 0 Å². The summed E-state index contributed by atoms with van der Waals surface area (Å²) in [5.41, 5.74) is 1.22. The number of hydrogen-bond acceptors (Lipinski definition) is 2. The van der Waals surface area contributed by atoms with Crippen LogP contribution in [0.15, 0.2) is 22.7 Å². The largest absolute Gasteiger partial charge is 0.478 e. The van der Waals surface area contributed by atoms with Crippen molar-refractivity contribution >= 4 is 27.6 Å². The molecule has 98 valence electrons. The smallest absolute Gasteiger partial charge is 0.337 e. The molecule has 1 N–H and O–H groups in total. The number of nitrogens with zero attached hydrogens (tertiary/aromatic N) is 1. The quantitative estimate of drug-likeness (QED) is 0.906. The van der Waals surface area contributed by atoms with Gasteiger partial charge in [-0.1, -0.05) is 29.8 Å². The molecule has 1 aromatic carbocycles. The number of carboxylic acids is 1. The number of carbonyl (C=O) groups is 1. The molecular formula is C14H18BrNO2. The Morgan fingerprint density at radius 2 is 2.11 bits per heavy atom. The summed E-state index contributed by atoms with van der Waals surface area (Å²) in [6.45, 7) is 6.37. The van der Waals surface area contributed by atoms with Gasteiger partial charge in [0.1, 0.15) is 0 Å². The summed E-state index contributed by atoms with van der Waals surface area (Å²) >= 11 is 3.33. The lowest BCUT2D eigenvalue weighted by Crippen LogP contribution is -2.39. The molecule has 0 radical (unpaired) electrons. The van der Waals surface area contributed by atoms with Gasteiger partial charge in [0.15, 0.2) is 0 Å². The molecule has 0 aliphatic carbocycles. The third kappa shape index (κ3) is 2.69. The van der Waals surface area contributed by atoms with E-state index in [1.165, 1.54) is 0 Å². The number of halogens is 1. The Morgan fingerprint density at radius 1 is 1.39 bits per heavy atom. The van der Waals surface area contributed by atoms with Crippen LogP contribution in [0.3, 0.4) is 0 Å². The maximum absolute atomic E-state index is 11.3. The summed E-state index contributed by atoms with van der Waals surface area (Å²) in [7, 11) is 0. The molecule has 0 amide bonds. The van der Waals surface area contributed by atoms with Crippen LogP contribution in [0.25, 0.3) is 0 Å². The Balaban J connectivity index is 2.30. The van der Waals surface area contributed by atoms with E-state index in [-0.39, 0.29) is 0 Å². The zero-order valence-corrected chi connectivity index (χ0v) is 12.3. The first kappa shape index (κ1) is 13.4. The molecule has 1 saturated heterocycles. The van der Waals surface area contributed by atoms with Gasteiger partial charge in [-0.2, -0.15) is 0 Å². The zero-order chi connectivity index (χ0) is 13.3. The van der Waals surface area contributed by atoms with E-state index in [1.54, 1.807) is 6.07 Å². The van der Waals surface area contributed by atoms with E-state index in [9.17, 15) is 9.90 Å². The van der Waals surface area contributed by atoms with Crippen LogP contribution in [0.1, 0.15) is 30.6 Å². The van der Waals surface area contributed by atoms with Gasteiger partial charge in [0.05, 0.1) is 11.3 Å². The van der Waals surface area contributed by atoms with E-state index in [0.717, 1.165) is 29.7 Å². The Labute approximate surface area is 116 Å². The number of aromatic carboxylic acids is 1. The maximum atomic E-state index is 11.3. The Morgan fingerprint density at radius 3 is 2.72 bits per heavy atom. The SMILES string of the molecule is CC1CCN(c2ccc(Br)cc2C(=O)O)CC1C. The fraction of sp³-hybridized carbons (Fsp3) is 0.500. The van der Waals surface area contributed by atoms with E-state index in [1.807, 2.05) is 12.1 Å². The number of benzene rings is 1. The Kier molecular flexibility index (Phi) is 3.95. The van der Waals surface area contributed by atoms with Crippen molar-refractivity contribution in [2.24, 2.45) is 11.8 Å². The van der Waals surface area contributed by atoms with Gasteiger partial charge >= 0.3 is 5.97 Å². The van der Waals surface area contributed by atoms with Crippen molar-refractivity contribution in [3.8, 4) is 0 Å². The maximum Gasteiger partial charge on any atom is 0.337 e. The molecule has 0 saturated carbocycles. The molecule has 1 aromatic rings. The molecule has 1 aliphatic rings. The second-order valence-corrected chi connectivity index (χ2v) is 6.07. The minimum Gasteiger partial charge on any atom is -0.478 e. The topological polar surface area (TPSA) is 40.5 Å². The van der Waals surface area contributed by atoms with Crippen molar-refractivity contribution in [3.05, 3.63) is 28.2 Å². The van der Waals surface area contributed by atoms with Crippen LogP contribution >= 0.6 is 15.9 Å². The van der Waals surface area contributed by atoms with Crippen molar-refractivity contribution < 1.29 is 9.90 Å². The number of carboxylic acid groups (broad SMARTS) is 1. The highest BCUT2D eigenvalue weighted by Crippen LogP contribution is 2.30. The molecule has 4 heteroatoms. The van der Waals surface area contributed by atoms with Gasteiger partial charge in [-0.15, -0.1) is 0 Å². The molecule has 18 heavy (non-hydrogen) atoms. The summed E-state index contributed by atoms with van der Waals surface area (Å²) < 4.78 is 0.807. The van der Waals surface area contributed by atoms with Crippen molar-refractivity contribution in [2.45, 2.75) is 20.3 Å². The van der Waals surface area contributed by atoms with E-state index in [2.05, 4.69) is 34.7 Å². The van der Waals surface area contributed by atoms with Gasteiger partial charge in [-0.3, -0.25) is 0 Å². The highest BCUT2D eigenvalue weighted by molar-refractivity contribution is 9.10. The lowest BCUT2D eigenvalue weighted by molar-refractivity contribution is 0.0697. The number of hydrogen-bond donors (Lipinski definition) is 1. The van der Waals surface area contributed by atoms with Crippen LogP contribution in [0.4, 0.5) is 5.69 Å². The second-order valence-electron chi connectivity index (χ2n) is 5.16.